The maximum absolute atomic E-state index is 10.6. The van der Waals surface area contributed by atoms with Gasteiger partial charge in [0.1, 0.15) is 5.75 Å². The molecule has 2 rings (SSSR count). The molecule has 1 aromatic rings. The Hall–Kier alpha value is -1.42. The number of carbonyl (C=O) groups is 1. The lowest BCUT2D eigenvalue weighted by Crippen LogP contribution is -2.19. The van der Waals surface area contributed by atoms with Crippen LogP contribution in [0.1, 0.15) is 19.3 Å². The van der Waals surface area contributed by atoms with Crippen molar-refractivity contribution in [2.45, 2.75) is 19.3 Å². The minimum atomic E-state index is -0.717. The lowest BCUT2D eigenvalue weighted by molar-refractivity contribution is -0.137. The average molecular weight is 284 g/mol. The van der Waals surface area contributed by atoms with E-state index in [-0.39, 0.29) is 6.42 Å². The Kier molecular flexibility index (Phi) is 4.53. The van der Waals surface area contributed by atoms with E-state index in [9.17, 15) is 4.79 Å². The van der Waals surface area contributed by atoms with Gasteiger partial charge in [-0.2, -0.15) is 0 Å². The molecule has 1 N–H and O–H groups in total. The quantitative estimate of drug-likeness (QED) is 0.902. The van der Waals surface area contributed by atoms with E-state index < -0.39 is 5.97 Å². The Morgan fingerprint density at radius 1 is 1.58 bits per heavy atom. The third-order valence-electron chi connectivity index (χ3n) is 3.55. The van der Waals surface area contributed by atoms with Crippen LogP contribution in [0.3, 0.4) is 0 Å². The zero-order valence-corrected chi connectivity index (χ0v) is 11.7. The first kappa shape index (κ1) is 14.0. The van der Waals surface area contributed by atoms with Crippen molar-refractivity contribution in [3.05, 3.63) is 23.2 Å². The van der Waals surface area contributed by atoms with Gasteiger partial charge in [-0.25, -0.2) is 0 Å². The molecule has 0 aliphatic carbocycles. The minimum absolute atomic E-state index is 0.252. The Morgan fingerprint density at radius 3 is 3.00 bits per heavy atom. The number of hydrogen-bond acceptors (Lipinski definition) is 3. The normalized spacial score (nSPS) is 18.6. The molecule has 1 unspecified atom stereocenters. The molecule has 1 aromatic carbocycles. The van der Waals surface area contributed by atoms with Gasteiger partial charge < -0.3 is 14.7 Å². The Bertz CT molecular complexity index is 464. The van der Waals surface area contributed by atoms with Gasteiger partial charge in [0.05, 0.1) is 12.1 Å². The highest BCUT2D eigenvalue weighted by Gasteiger charge is 2.23. The standard InChI is InChI=1S/C14H18ClNO3/c1-19-13-4-3-11(8-12(13)15)16-7-6-10(9-16)2-5-14(17)18/h3-4,8,10H,2,5-7,9H2,1H3,(H,17,18). The first-order valence-electron chi connectivity index (χ1n) is 6.40. The molecule has 1 atom stereocenters. The van der Waals surface area contributed by atoms with Crippen LogP contribution in [0.2, 0.25) is 5.02 Å². The average Bonchev–Trinajstić information content (AvgIpc) is 2.85. The van der Waals surface area contributed by atoms with Crippen LogP contribution in [0.5, 0.6) is 5.75 Å². The highest BCUT2D eigenvalue weighted by molar-refractivity contribution is 6.32. The second-order valence-corrected chi connectivity index (χ2v) is 5.26. The molecule has 19 heavy (non-hydrogen) atoms. The van der Waals surface area contributed by atoms with E-state index in [4.69, 9.17) is 21.4 Å². The number of ether oxygens (including phenoxy) is 1. The molecular formula is C14H18ClNO3. The van der Waals surface area contributed by atoms with Crippen molar-refractivity contribution >= 4 is 23.3 Å². The molecule has 1 heterocycles. The summed E-state index contributed by atoms with van der Waals surface area (Å²) in [6.45, 7) is 1.85. The van der Waals surface area contributed by atoms with Gasteiger partial charge in [-0.3, -0.25) is 4.79 Å². The monoisotopic (exact) mass is 283 g/mol. The van der Waals surface area contributed by atoms with E-state index in [2.05, 4.69) is 4.90 Å². The second kappa shape index (κ2) is 6.15. The lowest BCUT2D eigenvalue weighted by atomic mass is 10.0. The fraction of sp³-hybridized carbons (Fsp3) is 0.500. The number of methoxy groups -OCH3 is 1. The van der Waals surface area contributed by atoms with Gasteiger partial charge in [-0.15, -0.1) is 0 Å². The number of halogens is 1. The van der Waals surface area contributed by atoms with E-state index in [1.54, 1.807) is 7.11 Å². The third-order valence-corrected chi connectivity index (χ3v) is 3.85. The van der Waals surface area contributed by atoms with E-state index in [1.807, 2.05) is 18.2 Å². The number of hydrogen-bond donors (Lipinski definition) is 1. The van der Waals surface area contributed by atoms with Gasteiger partial charge in [-0.05, 0) is 37.0 Å². The van der Waals surface area contributed by atoms with Crippen LogP contribution in [0, 0.1) is 5.92 Å². The molecule has 104 valence electrons. The van der Waals surface area contributed by atoms with E-state index in [0.717, 1.165) is 31.6 Å². The van der Waals surface area contributed by atoms with Crippen molar-refractivity contribution in [2.75, 3.05) is 25.1 Å². The van der Waals surface area contributed by atoms with Crippen molar-refractivity contribution in [3.8, 4) is 5.75 Å². The van der Waals surface area contributed by atoms with Gasteiger partial charge in [0, 0.05) is 25.2 Å². The molecule has 0 spiro atoms. The maximum Gasteiger partial charge on any atom is 0.303 e. The molecule has 1 saturated heterocycles. The number of nitrogens with zero attached hydrogens (tertiary/aromatic N) is 1. The van der Waals surface area contributed by atoms with Crippen molar-refractivity contribution in [1.82, 2.24) is 0 Å². The maximum atomic E-state index is 10.6. The smallest absolute Gasteiger partial charge is 0.303 e. The zero-order chi connectivity index (χ0) is 13.8. The van der Waals surface area contributed by atoms with E-state index >= 15 is 0 Å². The highest BCUT2D eigenvalue weighted by Crippen LogP contribution is 2.32. The van der Waals surface area contributed by atoms with Crippen LogP contribution in [0.4, 0.5) is 5.69 Å². The molecule has 0 bridgehead atoms. The van der Waals surface area contributed by atoms with E-state index in [1.165, 1.54) is 0 Å². The molecule has 0 radical (unpaired) electrons. The summed E-state index contributed by atoms with van der Waals surface area (Å²) in [5.41, 5.74) is 1.07. The van der Waals surface area contributed by atoms with Crippen LogP contribution in [0.25, 0.3) is 0 Å². The fourth-order valence-corrected chi connectivity index (χ4v) is 2.73. The predicted molar refractivity (Wildman–Crippen MR) is 75.2 cm³/mol. The van der Waals surface area contributed by atoms with Crippen molar-refractivity contribution in [2.24, 2.45) is 5.92 Å². The summed E-state index contributed by atoms with van der Waals surface area (Å²) in [5.74, 6) is 0.412. The van der Waals surface area contributed by atoms with Gasteiger partial charge in [0.15, 0.2) is 0 Å². The molecule has 1 aliphatic rings. The molecule has 0 aromatic heterocycles. The lowest BCUT2D eigenvalue weighted by Gasteiger charge is -2.19. The van der Waals surface area contributed by atoms with Gasteiger partial charge in [-0.1, -0.05) is 11.6 Å². The number of rotatable bonds is 5. The topological polar surface area (TPSA) is 49.8 Å². The summed E-state index contributed by atoms with van der Waals surface area (Å²) in [6, 6.07) is 5.76. The van der Waals surface area contributed by atoms with Gasteiger partial charge in [0.2, 0.25) is 0 Å². The van der Waals surface area contributed by atoms with Crippen molar-refractivity contribution in [1.29, 1.82) is 0 Å². The van der Waals surface area contributed by atoms with Gasteiger partial charge in [0.25, 0.3) is 0 Å². The molecule has 1 aliphatic heterocycles. The first-order chi connectivity index (χ1) is 9.10. The Balaban J connectivity index is 1.96. The second-order valence-electron chi connectivity index (χ2n) is 4.85. The molecular weight excluding hydrogens is 266 g/mol. The summed E-state index contributed by atoms with van der Waals surface area (Å²) >= 11 is 6.12. The fourth-order valence-electron chi connectivity index (χ4n) is 2.48. The number of carboxylic acid groups (broad SMARTS) is 1. The summed E-state index contributed by atoms with van der Waals surface area (Å²) in [5, 5.41) is 9.31. The van der Waals surface area contributed by atoms with Crippen LogP contribution in [0.15, 0.2) is 18.2 Å². The number of aliphatic carboxylic acids is 1. The van der Waals surface area contributed by atoms with Crippen LogP contribution in [-0.2, 0) is 4.79 Å². The molecule has 0 saturated carbocycles. The summed E-state index contributed by atoms with van der Waals surface area (Å²) < 4.78 is 5.13. The SMILES string of the molecule is COc1ccc(N2CCC(CCC(=O)O)C2)cc1Cl. The van der Waals surface area contributed by atoms with Crippen LogP contribution < -0.4 is 9.64 Å². The van der Waals surface area contributed by atoms with Crippen LogP contribution >= 0.6 is 11.6 Å². The molecule has 0 amide bonds. The molecule has 5 heteroatoms. The number of carboxylic acids is 1. The summed E-state index contributed by atoms with van der Waals surface area (Å²) in [6.07, 6.45) is 2.04. The predicted octanol–water partition coefficient (Wildman–Crippen LogP) is 3.04. The van der Waals surface area contributed by atoms with Crippen molar-refractivity contribution < 1.29 is 14.6 Å². The number of anilines is 1. The van der Waals surface area contributed by atoms with Crippen molar-refractivity contribution in [3.63, 3.8) is 0 Å². The Labute approximate surface area is 117 Å². The Morgan fingerprint density at radius 2 is 2.37 bits per heavy atom. The van der Waals surface area contributed by atoms with Gasteiger partial charge >= 0.3 is 5.97 Å². The van der Waals surface area contributed by atoms with E-state index in [0.29, 0.717) is 16.7 Å². The first-order valence-corrected chi connectivity index (χ1v) is 6.78. The zero-order valence-electron chi connectivity index (χ0n) is 10.9. The van der Waals surface area contributed by atoms with Crippen LogP contribution in [-0.4, -0.2) is 31.3 Å². The largest absolute Gasteiger partial charge is 0.495 e. The summed E-state index contributed by atoms with van der Waals surface area (Å²) in [7, 11) is 1.60. The minimum Gasteiger partial charge on any atom is -0.495 e. The number of benzene rings is 1. The highest BCUT2D eigenvalue weighted by atomic mass is 35.5. The molecule has 4 nitrogen and oxygen atoms in total. The third kappa shape index (κ3) is 3.53. The molecule has 1 fully saturated rings. The summed E-state index contributed by atoms with van der Waals surface area (Å²) in [4.78, 5) is 12.8.